The first kappa shape index (κ1) is 28.2. The van der Waals surface area contributed by atoms with Gasteiger partial charge in [-0.3, -0.25) is 19.2 Å². The number of benzene rings is 3. The molecular weight excluding hydrogens is 504 g/mol. The van der Waals surface area contributed by atoms with Crippen molar-refractivity contribution >= 4 is 34.3 Å². The Hall–Kier alpha value is -4.77. The van der Waals surface area contributed by atoms with Gasteiger partial charge in [-0.1, -0.05) is 79.7 Å². The number of likely N-dealkylation sites (tertiary alicyclic amines) is 1. The minimum Gasteiger partial charge on any atom is -0.344 e. The molecule has 0 spiro atoms. The highest BCUT2D eigenvalue weighted by Crippen LogP contribution is 2.29. The van der Waals surface area contributed by atoms with E-state index < -0.39 is 11.8 Å². The highest BCUT2D eigenvalue weighted by Gasteiger charge is 2.24. The van der Waals surface area contributed by atoms with E-state index in [-0.39, 0.29) is 36.6 Å². The SMILES string of the molecule is CC(CC(=O)c1ccccc1CNC(=O)C(=O)NC/C=C/C(=O)N1CCC(C#N)C1)c1cccc2ccccc12. The fourth-order valence-corrected chi connectivity index (χ4v) is 4.94. The molecule has 0 aliphatic carbocycles. The summed E-state index contributed by atoms with van der Waals surface area (Å²) in [6.07, 6.45) is 3.77. The van der Waals surface area contributed by atoms with Crippen molar-refractivity contribution in [3.05, 3.63) is 95.6 Å². The molecule has 2 unspecified atom stereocenters. The van der Waals surface area contributed by atoms with Crippen molar-refractivity contribution < 1.29 is 19.2 Å². The lowest BCUT2D eigenvalue weighted by molar-refractivity contribution is -0.139. The van der Waals surface area contributed by atoms with Crippen molar-refractivity contribution in [2.75, 3.05) is 19.6 Å². The van der Waals surface area contributed by atoms with E-state index in [4.69, 9.17) is 5.26 Å². The Bertz CT molecular complexity index is 1480. The van der Waals surface area contributed by atoms with Crippen LogP contribution in [0.5, 0.6) is 0 Å². The van der Waals surface area contributed by atoms with Crippen molar-refractivity contribution in [2.24, 2.45) is 5.92 Å². The Balaban J connectivity index is 1.28. The number of nitrogens with zero attached hydrogens (tertiary/aromatic N) is 2. The van der Waals surface area contributed by atoms with Crippen LogP contribution in [0.1, 0.15) is 47.2 Å². The third kappa shape index (κ3) is 7.00. The molecule has 0 saturated carbocycles. The molecule has 0 aromatic heterocycles. The van der Waals surface area contributed by atoms with Gasteiger partial charge in [0.25, 0.3) is 0 Å². The maximum Gasteiger partial charge on any atom is 0.309 e. The molecule has 1 fully saturated rings. The summed E-state index contributed by atoms with van der Waals surface area (Å²) in [5, 5.41) is 16.2. The normalized spacial score (nSPS) is 15.5. The van der Waals surface area contributed by atoms with Crippen LogP contribution in [0.3, 0.4) is 0 Å². The minimum atomic E-state index is -0.837. The van der Waals surface area contributed by atoms with Gasteiger partial charge in [-0.05, 0) is 34.2 Å². The summed E-state index contributed by atoms with van der Waals surface area (Å²) in [6, 6.07) is 23.4. The summed E-state index contributed by atoms with van der Waals surface area (Å²) in [7, 11) is 0. The Kier molecular flexibility index (Phi) is 9.42. The Morgan fingerprint density at radius 1 is 1.00 bits per heavy atom. The summed E-state index contributed by atoms with van der Waals surface area (Å²) in [5.74, 6) is -2.09. The van der Waals surface area contributed by atoms with E-state index in [1.807, 2.05) is 31.2 Å². The van der Waals surface area contributed by atoms with Gasteiger partial charge in [0.1, 0.15) is 0 Å². The Morgan fingerprint density at radius 3 is 2.52 bits per heavy atom. The van der Waals surface area contributed by atoms with E-state index >= 15 is 0 Å². The number of nitriles is 1. The molecule has 1 aliphatic heterocycles. The van der Waals surface area contributed by atoms with Crippen LogP contribution in [0, 0.1) is 17.2 Å². The van der Waals surface area contributed by atoms with Gasteiger partial charge in [0.05, 0.1) is 12.0 Å². The van der Waals surface area contributed by atoms with Crippen LogP contribution in [-0.4, -0.2) is 48.0 Å². The van der Waals surface area contributed by atoms with E-state index in [1.165, 1.54) is 12.2 Å². The van der Waals surface area contributed by atoms with Gasteiger partial charge in [0.2, 0.25) is 5.91 Å². The van der Waals surface area contributed by atoms with Crippen molar-refractivity contribution in [3.8, 4) is 6.07 Å². The molecule has 40 heavy (non-hydrogen) atoms. The van der Waals surface area contributed by atoms with Gasteiger partial charge in [-0.15, -0.1) is 0 Å². The average molecular weight is 537 g/mol. The van der Waals surface area contributed by atoms with Crippen LogP contribution < -0.4 is 10.6 Å². The van der Waals surface area contributed by atoms with Crippen LogP contribution in [0.2, 0.25) is 0 Å². The Morgan fingerprint density at radius 2 is 1.73 bits per heavy atom. The van der Waals surface area contributed by atoms with Crippen LogP contribution in [0.25, 0.3) is 10.8 Å². The van der Waals surface area contributed by atoms with Crippen LogP contribution in [0.15, 0.2) is 78.9 Å². The maximum atomic E-state index is 13.3. The molecule has 1 heterocycles. The molecule has 0 bridgehead atoms. The molecule has 8 heteroatoms. The standard InChI is InChI=1S/C32H32N4O4/c1-22(26-13-6-10-24-8-2-4-11-27(24)26)18-29(37)28-12-5-3-9-25(28)20-35-32(40)31(39)34-16-7-14-30(38)36-17-15-23(19-33)21-36/h2-14,22-23H,15-18,20-21H2,1H3,(H,34,39)(H,35,40)/b14-7+. The molecule has 3 aromatic carbocycles. The number of carbonyl (C=O) groups is 4. The second-order valence-corrected chi connectivity index (χ2v) is 9.95. The first-order valence-corrected chi connectivity index (χ1v) is 13.4. The minimum absolute atomic E-state index is 0.00857. The molecule has 3 aromatic rings. The van der Waals surface area contributed by atoms with Crippen LogP contribution in [-0.2, 0) is 20.9 Å². The average Bonchev–Trinajstić information content (AvgIpc) is 3.47. The largest absolute Gasteiger partial charge is 0.344 e. The topological polar surface area (TPSA) is 119 Å². The Labute approximate surface area is 233 Å². The van der Waals surface area contributed by atoms with Crippen LogP contribution in [0.4, 0.5) is 0 Å². The second kappa shape index (κ2) is 13.3. The molecule has 3 amide bonds. The number of ketones is 1. The van der Waals surface area contributed by atoms with Crippen molar-refractivity contribution in [2.45, 2.75) is 32.2 Å². The highest BCUT2D eigenvalue weighted by atomic mass is 16.2. The first-order valence-electron chi connectivity index (χ1n) is 13.4. The van der Waals surface area contributed by atoms with Gasteiger partial charge in [-0.2, -0.15) is 5.26 Å². The summed E-state index contributed by atoms with van der Waals surface area (Å²) in [6.45, 7) is 3.00. The van der Waals surface area contributed by atoms with Crippen molar-refractivity contribution in [1.29, 1.82) is 5.26 Å². The molecule has 2 atom stereocenters. The lowest BCUT2D eigenvalue weighted by Gasteiger charge is -2.16. The molecule has 2 N–H and O–H groups in total. The zero-order valence-electron chi connectivity index (χ0n) is 22.4. The quantitative estimate of drug-likeness (QED) is 0.244. The van der Waals surface area contributed by atoms with E-state index in [9.17, 15) is 19.2 Å². The lowest BCUT2D eigenvalue weighted by Crippen LogP contribution is -2.39. The molecule has 1 aliphatic rings. The van der Waals surface area contributed by atoms with E-state index in [0.717, 1.165) is 16.3 Å². The number of fused-ring (bicyclic) bond motifs is 1. The summed E-state index contributed by atoms with van der Waals surface area (Å²) < 4.78 is 0. The predicted molar refractivity (Wildman–Crippen MR) is 152 cm³/mol. The molecule has 204 valence electrons. The number of amides is 3. The number of hydrogen-bond donors (Lipinski definition) is 2. The monoisotopic (exact) mass is 536 g/mol. The molecule has 4 rings (SSSR count). The zero-order valence-corrected chi connectivity index (χ0v) is 22.4. The van der Waals surface area contributed by atoms with E-state index in [0.29, 0.717) is 37.1 Å². The van der Waals surface area contributed by atoms with Gasteiger partial charge >= 0.3 is 11.8 Å². The number of nitrogens with one attached hydrogen (secondary N) is 2. The van der Waals surface area contributed by atoms with Gasteiger partial charge in [0.15, 0.2) is 5.78 Å². The molecule has 1 saturated heterocycles. The summed E-state index contributed by atoms with van der Waals surface area (Å²) in [4.78, 5) is 51.6. The zero-order chi connectivity index (χ0) is 28.5. The first-order chi connectivity index (χ1) is 19.4. The fourth-order valence-electron chi connectivity index (χ4n) is 4.94. The van der Waals surface area contributed by atoms with Crippen LogP contribution >= 0.6 is 0 Å². The number of Topliss-reactive ketones (excluding diaryl/α,β-unsaturated/α-hetero) is 1. The van der Waals surface area contributed by atoms with Gasteiger partial charge < -0.3 is 15.5 Å². The molecule has 8 nitrogen and oxygen atoms in total. The summed E-state index contributed by atoms with van der Waals surface area (Å²) >= 11 is 0. The lowest BCUT2D eigenvalue weighted by atomic mass is 9.88. The predicted octanol–water partition coefficient (Wildman–Crippen LogP) is 3.88. The second-order valence-electron chi connectivity index (χ2n) is 9.95. The van der Waals surface area contributed by atoms with E-state index in [1.54, 1.807) is 29.2 Å². The van der Waals surface area contributed by atoms with Crippen molar-refractivity contribution in [3.63, 3.8) is 0 Å². The molecular formula is C32H32N4O4. The van der Waals surface area contributed by atoms with Gasteiger partial charge in [-0.25, -0.2) is 0 Å². The van der Waals surface area contributed by atoms with E-state index in [2.05, 4.69) is 34.9 Å². The maximum absolute atomic E-state index is 13.3. The smallest absolute Gasteiger partial charge is 0.309 e. The number of carbonyl (C=O) groups excluding carboxylic acids is 4. The third-order valence-electron chi connectivity index (χ3n) is 7.13. The highest BCUT2D eigenvalue weighted by molar-refractivity contribution is 6.35. The number of rotatable bonds is 9. The molecule has 0 radical (unpaired) electrons. The fraction of sp³-hybridized carbons (Fsp3) is 0.281. The third-order valence-corrected chi connectivity index (χ3v) is 7.13. The number of hydrogen-bond acceptors (Lipinski definition) is 5. The summed E-state index contributed by atoms with van der Waals surface area (Å²) in [5.41, 5.74) is 2.25. The van der Waals surface area contributed by atoms with Gasteiger partial charge in [0, 0.05) is 44.2 Å². The van der Waals surface area contributed by atoms with Crippen molar-refractivity contribution in [1.82, 2.24) is 15.5 Å².